The van der Waals surface area contributed by atoms with Gasteiger partial charge in [-0.15, -0.1) is 0 Å². The lowest BCUT2D eigenvalue weighted by atomic mass is 10.0. The van der Waals surface area contributed by atoms with E-state index in [0.29, 0.717) is 0 Å². The summed E-state index contributed by atoms with van der Waals surface area (Å²) >= 11 is 0. The van der Waals surface area contributed by atoms with E-state index in [4.69, 9.17) is 4.74 Å². The number of hydrogen-bond acceptors (Lipinski definition) is 4. The summed E-state index contributed by atoms with van der Waals surface area (Å²) in [5.74, 6) is 1.12. The van der Waals surface area contributed by atoms with Gasteiger partial charge in [-0.2, -0.15) is 0 Å². The van der Waals surface area contributed by atoms with Crippen LogP contribution < -0.4 is 9.64 Å². The molecule has 2 aromatic rings. The number of rotatable bonds is 5. The van der Waals surface area contributed by atoms with Crippen LogP contribution in [0.25, 0.3) is 0 Å². The fraction of sp³-hybridized carbons (Fsp3) is 0.435. The number of ether oxygens (including phenoxy) is 1. The Hall–Kier alpha value is -2.53. The highest BCUT2D eigenvalue weighted by atomic mass is 16.5. The first-order valence-corrected chi connectivity index (χ1v) is 10.2. The maximum atomic E-state index is 13.5. The highest BCUT2D eigenvalue weighted by Gasteiger charge is 2.34. The number of likely N-dealkylation sites (tertiary alicyclic amines) is 1. The number of methoxy groups -OCH3 is 1. The highest BCUT2D eigenvalue weighted by molar-refractivity contribution is 5.83. The van der Waals surface area contributed by atoms with Gasteiger partial charge < -0.3 is 14.5 Å². The zero-order chi connectivity index (χ0) is 19.3. The Labute approximate surface area is 167 Å². The van der Waals surface area contributed by atoms with Gasteiger partial charge in [0, 0.05) is 37.9 Å². The van der Waals surface area contributed by atoms with Crippen molar-refractivity contribution in [3.8, 4) is 5.75 Å². The second-order valence-corrected chi connectivity index (χ2v) is 7.57. The number of nitrogens with zero attached hydrogens (tertiary/aromatic N) is 3. The average molecular weight is 380 g/mol. The molecule has 0 spiro atoms. The molecule has 5 heteroatoms. The van der Waals surface area contributed by atoms with E-state index in [2.05, 4.69) is 34.1 Å². The molecule has 4 rings (SSSR count). The van der Waals surface area contributed by atoms with Gasteiger partial charge in [0.15, 0.2) is 0 Å². The third-order valence-corrected chi connectivity index (χ3v) is 5.86. The number of carbonyl (C=O) groups is 1. The standard InChI is InChI=1S/C23H29N3O2/c1-28-21-11-7-10-20(18-21)24-14-16-26(17-15-24)23(27)22(25-12-5-6-13-25)19-8-3-2-4-9-19/h2-4,7-11,18,22H,5-6,12-17H2,1H3. The van der Waals surface area contributed by atoms with Crippen molar-refractivity contribution in [2.75, 3.05) is 51.3 Å². The molecule has 1 atom stereocenters. The third kappa shape index (κ3) is 3.99. The normalized spacial score (nSPS) is 18.9. The van der Waals surface area contributed by atoms with Crippen molar-refractivity contribution in [1.82, 2.24) is 9.80 Å². The van der Waals surface area contributed by atoms with Crippen LogP contribution in [0.1, 0.15) is 24.4 Å². The van der Waals surface area contributed by atoms with Crippen molar-refractivity contribution in [1.29, 1.82) is 0 Å². The predicted octanol–water partition coefficient (Wildman–Crippen LogP) is 3.18. The fourth-order valence-electron chi connectivity index (χ4n) is 4.31. The first kappa shape index (κ1) is 18.8. The van der Waals surface area contributed by atoms with E-state index in [1.165, 1.54) is 12.8 Å². The number of hydrogen-bond donors (Lipinski definition) is 0. The van der Waals surface area contributed by atoms with Gasteiger partial charge in [0.1, 0.15) is 11.8 Å². The molecule has 2 aliphatic rings. The summed E-state index contributed by atoms with van der Waals surface area (Å²) in [5.41, 5.74) is 2.27. The summed E-state index contributed by atoms with van der Waals surface area (Å²) < 4.78 is 5.35. The molecule has 0 aliphatic carbocycles. The predicted molar refractivity (Wildman–Crippen MR) is 112 cm³/mol. The molecule has 2 aromatic carbocycles. The van der Waals surface area contributed by atoms with Gasteiger partial charge in [-0.05, 0) is 43.6 Å². The molecular weight excluding hydrogens is 350 g/mol. The van der Waals surface area contributed by atoms with Gasteiger partial charge in [-0.1, -0.05) is 36.4 Å². The molecule has 0 N–H and O–H groups in total. The maximum absolute atomic E-state index is 13.5. The van der Waals surface area contributed by atoms with Crippen molar-refractivity contribution in [3.05, 3.63) is 60.2 Å². The van der Waals surface area contributed by atoms with Gasteiger partial charge in [-0.3, -0.25) is 9.69 Å². The van der Waals surface area contributed by atoms with Crippen LogP contribution in [0.3, 0.4) is 0 Å². The van der Waals surface area contributed by atoms with Crippen LogP contribution in [0.5, 0.6) is 5.75 Å². The Balaban J connectivity index is 1.45. The molecule has 0 radical (unpaired) electrons. The zero-order valence-electron chi connectivity index (χ0n) is 16.6. The van der Waals surface area contributed by atoms with Gasteiger partial charge in [0.05, 0.1) is 7.11 Å². The minimum absolute atomic E-state index is 0.146. The topological polar surface area (TPSA) is 36.0 Å². The first-order chi connectivity index (χ1) is 13.8. The van der Waals surface area contributed by atoms with E-state index >= 15 is 0 Å². The minimum atomic E-state index is -0.146. The largest absolute Gasteiger partial charge is 0.497 e. The van der Waals surface area contributed by atoms with E-state index in [1.54, 1.807) is 7.11 Å². The summed E-state index contributed by atoms with van der Waals surface area (Å²) in [6.07, 6.45) is 2.36. The Morgan fingerprint density at radius 3 is 2.29 bits per heavy atom. The monoisotopic (exact) mass is 379 g/mol. The first-order valence-electron chi connectivity index (χ1n) is 10.2. The van der Waals surface area contributed by atoms with Crippen LogP contribution in [0.2, 0.25) is 0 Å². The SMILES string of the molecule is COc1cccc(N2CCN(C(=O)C(c3ccccc3)N3CCCC3)CC2)c1. The molecule has 0 saturated carbocycles. The number of piperazine rings is 1. The average Bonchev–Trinajstić information content (AvgIpc) is 3.29. The van der Waals surface area contributed by atoms with E-state index in [0.717, 1.165) is 56.3 Å². The minimum Gasteiger partial charge on any atom is -0.497 e. The van der Waals surface area contributed by atoms with Gasteiger partial charge in [-0.25, -0.2) is 0 Å². The molecular formula is C23H29N3O2. The Morgan fingerprint density at radius 2 is 1.61 bits per heavy atom. The van der Waals surface area contributed by atoms with Gasteiger partial charge in [0.2, 0.25) is 5.91 Å². The van der Waals surface area contributed by atoms with Crippen LogP contribution in [0, 0.1) is 0 Å². The second-order valence-electron chi connectivity index (χ2n) is 7.57. The lowest BCUT2D eigenvalue weighted by Crippen LogP contribution is -2.52. The van der Waals surface area contributed by atoms with Crippen molar-refractivity contribution in [2.24, 2.45) is 0 Å². The van der Waals surface area contributed by atoms with Crippen molar-refractivity contribution in [2.45, 2.75) is 18.9 Å². The molecule has 2 aliphatic heterocycles. The molecule has 1 amide bonds. The van der Waals surface area contributed by atoms with Crippen LogP contribution in [-0.2, 0) is 4.79 Å². The van der Waals surface area contributed by atoms with Gasteiger partial charge >= 0.3 is 0 Å². The molecule has 0 bridgehead atoms. The summed E-state index contributed by atoms with van der Waals surface area (Å²) in [6, 6.07) is 18.3. The Kier molecular flexibility index (Phi) is 5.81. The molecule has 2 heterocycles. The summed E-state index contributed by atoms with van der Waals surface area (Å²) in [7, 11) is 1.69. The summed E-state index contributed by atoms with van der Waals surface area (Å²) in [6.45, 7) is 5.23. The molecule has 5 nitrogen and oxygen atoms in total. The molecule has 0 aromatic heterocycles. The summed E-state index contributed by atoms with van der Waals surface area (Å²) in [4.78, 5) is 20.2. The molecule has 2 saturated heterocycles. The Bertz CT molecular complexity index is 781. The van der Waals surface area contributed by atoms with E-state index < -0.39 is 0 Å². The van der Waals surface area contributed by atoms with E-state index in [-0.39, 0.29) is 11.9 Å². The molecule has 1 unspecified atom stereocenters. The van der Waals surface area contributed by atoms with Crippen LogP contribution in [-0.4, -0.2) is 62.1 Å². The molecule has 28 heavy (non-hydrogen) atoms. The van der Waals surface area contributed by atoms with Crippen molar-refractivity contribution in [3.63, 3.8) is 0 Å². The van der Waals surface area contributed by atoms with E-state index in [1.807, 2.05) is 35.2 Å². The third-order valence-electron chi connectivity index (χ3n) is 5.86. The Morgan fingerprint density at radius 1 is 0.893 bits per heavy atom. The van der Waals surface area contributed by atoms with Crippen LogP contribution in [0.15, 0.2) is 54.6 Å². The number of carbonyl (C=O) groups excluding carboxylic acids is 1. The number of anilines is 1. The van der Waals surface area contributed by atoms with Crippen LogP contribution >= 0.6 is 0 Å². The quantitative estimate of drug-likeness (QED) is 0.799. The summed E-state index contributed by atoms with van der Waals surface area (Å²) in [5, 5.41) is 0. The second kappa shape index (κ2) is 8.65. The lowest BCUT2D eigenvalue weighted by molar-refractivity contribution is -0.137. The zero-order valence-corrected chi connectivity index (χ0v) is 16.6. The van der Waals surface area contributed by atoms with Crippen molar-refractivity contribution >= 4 is 11.6 Å². The van der Waals surface area contributed by atoms with Gasteiger partial charge in [0.25, 0.3) is 0 Å². The lowest BCUT2D eigenvalue weighted by Gasteiger charge is -2.39. The number of amides is 1. The van der Waals surface area contributed by atoms with Crippen molar-refractivity contribution < 1.29 is 9.53 Å². The molecule has 148 valence electrons. The maximum Gasteiger partial charge on any atom is 0.244 e. The highest BCUT2D eigenvalue weighted by Crippen LogP contribution is 2.28. The number of benzene rings is 2. The fourth-order valence-corrected chi connectivity index (χ4v) is 4.31. The smallest absolute Gasteiger partial charge is 0.244 e. The molecule has 2 fully saturated rings. The van der Waals surface area contributed by atoms with E-state index in [9.17, 15) is 4.79 Å². The van der Waals surface area contributed by atoms with Crippen LogP contribution in [0.4, 0.5) is 5.69 Å².